The SMILES string of the molecule is COc1ncnc2c1nc(CCl)n2Cc1ncc(C)s1. The molecule has 0 aliphatic heterocycles. The van der Waals surface area contributed by atoms with Gasteiger partial charge in [0.2, 0.25) is 5.88 Å². The van der Waals surface area contributed by atoms with Gasteiger partial charge >= 0.3 is 0 Å². The molecule has 0 bridgehead atoms. The fraction of sp³-hybridized carbons (Fsp3) is 0.333. The maximum Gasteiger partial charge on any atom is 0.245 e. The summed E-state index contributed by atoms with van der Waals surface area (Å²) >= 11 is 7.63. The normalized spacial score (nSPS) is 11.2. The Balaban J connectivity index is 2.13. The number of alkyl halides is 1. The second kappa shape index (κ2) is 5.34. The molecule has 3 heterocycles. The molecule has 104 valence electrons. The maximum absolute atomic E-state index is 5.98. The second-order valence-electron chi connectivity index (χ2n) is 4.17. The van der Waals surface area contributed by atoms with Crippen molar-refractivity contribution in [2.24, 2.45) is 0 Å². The molecule has 0 spiro atoms. The summed E-state index contributed by atoms with van der Waals surface area (Å²) in [5.74, 6) is 1.48. The number of methoxy groups -OCH3 is 1. The monoisotopic (exact) mass is 309 g/mol. The van der Waals surface area contributed by atoms with Crippen LogP contribution in [0.1, 0.15) is 15.7 Å². The zero-order chi connectivity index (χ0) is 14.1. The molecule has 0 aromatic carbocycles. The van der Waals surface area contributed by atoms with Gasteiger partial charge in [-0.05, 0) is 6.92 Å². The number of rotatable bonds is 4. The smallest absolute Gasteiger partial charge is 0.245 e. The molecule has 0 aliphatic carbocycles. The first-order chi connectivity index (χ1) is 9.72. The van der Waals surface area contributed by atoms with E-state index < -0.39 is 0 Å². The van der Waals surface area contributed by atoms with E-state index in [0.717, 1.165) is 10.8 Å². The number of fused-ring (bicyclic) bond motifs is 1. The van der Waals surface area contributed by atoms with Crippen molar-refractivity contribution in [2.75, 3.05) is 7.11 Å². The quantitative estimate of drug-likeness (QED) is 0.692. The Kier molecular flexibility index (Phi) is 3.54. The van der Waals surface area contributed by atoms with E-state index >= 15 is 0 Å². The molecule has 0 atom stereocenters. The summed E-state index contributed by atoms with van der Waals surface area (Å²) in [5, 5.41) is 0.991. The first-order valence-electron chi connectivity index (χ1n) is 5.94. The van der Waals surface area contributed by atoms with Crippen molar-refractivity contribution in [3.05, 3.63) is 28.2 Å². The minimum atomic E-state index is 0.296. The molecule has 0 aliphatic rings. The van der Waals surface area contributed by atoms with Crippen molar-refractivity contribution in [1.29, 1.82) is 0 Å². The van der Waals surface area contributed by atoms with Crippen LogP contribution in [-0.4, -0.2) is 31.6 Å². The molecule has 3 aromatic heterocycles. The van der Waals surface area contributed by atoms with Gasteiger partial charge in [0.05, 0.1) is 19.5 Å². The fourth-order valence-corrected chi connectivity index (χ4v) is 2.97. The van der Waals surface area contributed by atoms with Crippen LogP contribution in [-0.2, 0) is 12.4 Å². The molecule has 0 amide bonds. The molecule has 0 saturated carbocycles. The topological polar surface area (TPSA) is 65.7 Å². The van der Waals surface area contributed by atoms with Crippen molar-refractivity contribution in [2.45, 2.75) is 19.3 Å². The number of ether oxygens (including phenoxy) is 1. The van der Waals surface area contributed by atoms with Gasteiger partial charge in [-0.15, -0.1) is 22.9 Å². The van der Waals surface area contributed by atoms with Crippen LogP contribution in [0.25, 0.3) is 11.2 Å². The first kappa shape index (κ1) is 13.3. The Morgan fingerprint density at radius 1 is 1.35 bits per heavy atom. The lowest BCUT2D eigenvalue weighted by Crippen LogP contribution is -2.04. The molecular weight excluding hydrogens is 298 g/mol. The van der Waals surface area contributed by atoms with E-state index in [1.165, 1.54) is 11.2 Å². The number of aromatic nitrogens is 5. The van der Waals surface area contributed by atoms with Crippen molar-refractivity contribution in [3.63, 3.8) is 0 Å². The highest BCUT2D eigenvalue weighted by atomic mass is 35.5. The Morgan fingerprint density at radius 3 is 2.85 bits per heavy atom. The maximum atomic E-state index is 5.98. The largest absolute Gasteiger partial charge is 0.479 e. The van der Waals surface area contributed by atoms with Crippen LogP contribution in [0.4, 0.5) is 0 Å². The molecule has 0 unspecified atom stereocenters. The average molecular weight is 310 g/mol. The molecule has 0 saturated heterocycles. The van der Waals surface area contributed by atoms with Crippen LogP contribution in [0.3, 0.4) is 0 Å². The van der Waals surface area contributed by atoms with E-state index in [2.05, 4.69) is 19.9 Å². The van der Waals surface area contributed by atoms with Crippen LogP contribution >= 0.6 is 22.9 Å². The third kappa shape index (κ3) is 2.23. The average Bonchev–Trinajstić information content (AvgIpc) is 3.03. The minimum absolute atomic E-state index is 0.296. The van der Waals surface area contributed by atoms with Crippen LogP contribution in [0, 0.1) is 6.92 Å². The third-order valence-corrected chi connectivity index (χ3v) is 3.99. The summed E-state index contributed by atoms with van der Waals surface area (Å²) in [6.07, 6.45) is 3.32. The number of nitrogens with zero attached hydrogens (tertiary/aromatic N) is 5. The third-order valence-electron chi connectivity index (χ3n) is 2.85. The lowest BCUT2D eigenvalue weighted by atomic mass is 10.5. The molecule has 0 fully saturated rings. The van der Waals surface area contributed by atoms with Gasteiger partial charge in [0, 0.05) is 11.1 Å². The zero-order valence-corrected chi connectivity index (χ0v) is 12.6. The molecule has 3 rings (SSSR count). The van der Waals surface area contributed by atoms with E-state index in [9.17, 15) is 0 Å². The number of aryl methyl sites for hydroxylation is 1. The standard InChI is InChI=1S/C12H12ClN5OS/c1-7-4-14-9(20-7)5-18-8(3-13)17-10-11(18)15-6-16-12(10)19-2/h4,6H,3,5H2,1-2H3. The van der Waals surface area contributed by atoms with Crippen LogP contribution < -0.4 is 4.74 Å². The summed E-state index contributed by atoms with van der Waals surface area (Å²) < 4.78 is 7.16. The number of hydrogen-bond acceptors (Lipinski definition) is 6. The zero-order valence-electron chi connectivity index (χ0n) is 11.0. The van der Waals surface area contributed by atoms with E-state index in [0.29, 0.717) is 29.5 Å². The molecule has 20 heavy (non-hydrogen) atoms. The number of thiazole rings is 1. The van der Waals surface area contributed by atoms with Gasteiger partial charge in [-0.25, -0.2) is 15.0 Å². The number of imidazole rings is 1. The summed E-state index contributed by atoms with van der Waals surface area (Å²) in [4.78, 5) is 18.3. The molecule has 0 N–H and O–H groups in total. The molecule has 6 nitrogen and oxygen atoms in total. The van der Waals surface area contributed by atoms with Gasteiger partial charge in [0.15, 0.2) is 11.2 Å². The highest BCUT2D eigenvalue weighted by molar-refractivity contribution is 7.11. The summed E-state index contributed by atoms with van der Waals surface area (Å²) in [5.41, 5.74) is 1.33. The lowest BCUT2D eigenvalue weighted by molar-refractivity contribution is 0.401. The summed E-state index contributed by atoms with van der Waals surface area (Å²) in [6.45, 7) is 2.62. The Bertz CT molecular complexity index is 753. The minimum Gasteiger partial charge on any atom is -0.479 e. The van der Waals surface area contributed by atoms with E-state index in [4.69, 9.17) is 16.3 Å². The molecule has 3 aromatic rings. The highest BCUT2D eigenvalue weighted by Gasteiger charge is 2.16. The van der Waals surface area contributed by atoms with Crippen molar-refractivity contribution >= 4 is 34.1 Å². The number of halogens is 1. The van der Waals surface area contributed by atoms with Crippen molar-refractivity contribution in [3.8, 4) is 5.88 Å². The van der Waals surface area contributed by atoms with E-state index in [1.54, 1.807) is 18.4 Å². The fourth-order valence-electron chi connectivity index (χ4n) is 1.99. The van der Waals surface area contributed by atoms with Gasteiger partial charge in [-0.2, -0.15) is 4.98 Å². The molecule has 0 radical (unpaired) electrons. The predicted molar refractivity (Wildman–Crippen MR) is 77.4 cm³/mol. The van der Waals surface area contributed by atoms with E-state index in [1.807, 2.05) is 17.7 Å². The lowest BCUT2D eigenvalue weighted by Gasteiger charge is -2.04. The summed E-state index contributed by atoms with van der Waals surface area (Å²) in [6, 6.07) is 0. The second-order valence-corrected chi connectivity index (χ2v) is 5.75. The number of hydrogen-bond donors (Lipinski definition) is 0. The van der Waals surface area contributed by atoms with Crippen LogP contribution in [0.15, 0.2) is 12.5 Å². The van der Waals surface area contributed by atoms with Gasteiger partial charge < -0.3 is 9.30 Å². The van der Waals surface area contributed by atoms with Gasteiger partial charge in [0.1, 0.15) is 17.2 Å². The van der Waals surface area contributed by atoms with Gasteiger partial charge in [0.25, 0.3) is 0 Å². The van der Waals surface area contributed by atoms with Crippen LogP contribution in [0.2, 0.25) is 0 Å². The Labute approximate surface area is 124 Å². The van der Waals surface area contributed by atoms with Gasteiger partial charge in [-0.1, -0.05) is 0 Å². The highest BCUT2D eigenvalue weighted by Crippen LogP contribution is 2.24. The first-order valence-corrected chi connectivity index (χ1v) is 7.29. The predicted octanol–water partition coefficient (Wildman–Crippen LogP) is 2.39. The summed E-state index contributed by atoms with van der Waals surface area (Å²) in [7, 11) is 1.56. The van der Waals surface area contributed by atoms with Gasteiger partial charge in [-0.3, -0.25) is 0 Å². The van der Waals surface area contributed by atoms with Crippen molar-refractivity contribution < 1.29 is 4.74 Å². The van der Waals surface area contributed by atoms with E-state index in [-0.39, 0.29) is 0 Å². The van der Waals surface area contributed by atoms with Crippen molar-refractivity contribution in [1.82, 2.24) is 24.5 Å². The Hall–Kier alpha value is -1.73. The van der Waals surface area contributed by atoms with Crippen LogP contribution in [0.5, 0.6) is 5.88 Å². The molecule has 8 heteroatoms. The molecular formula is C12H12ClN5OS. The Morgan fingerprint density at radius 2 is 2.20 bits per heavy atom.